The van der Waals surface area contributed by atoms with Crippen LogP contribution in [0.5, 0.6) is 5.75 Å². The van der Waals surface area contributed by atoms with E-state index in [2.05, 4.69) is 5.32 Å². The van der Waals surface area contributed by atoms with Gasteiger partial charge in [-0.3, -0.25) is 9.59 Å². The van der Waals surface area contributed by atoms with E-state index in [0.29, 0.717) is 11.4 Å². The molecule has 0 aliphatic heterocycles. The van der Waals surface area contributed by atoms with Crippen molar-refractivity contribution in [1.29, 1.82) is 0 Å². The molecule has 0 radical (unpaired) electrons. The van der Waals surface area contributed by atoms with Gasteiger partial charge in [-0.2, -0.15) is 0 Å². The molecule has 0 fully saturated rings. The van der Waals surface area contributed by atoms with Gasteiger partial charge in [-0.15, -0.1) is 0 Å². The van der Waals surface area contributed by atoms with Gasteiger partial charge in [-0.1, -0.05) is 12.1 Å². The second-order valence-electron chi connectivity index (χ2n) is 3.13. The fourth-order valence-electron chi connectivity index (χ4n) is 1.17. The SMILES string of the molecule is COc1ccccc1NC(=O)CC(C)=O. The molecular formula is C11H13NO3. The van der Waals surface area contributed by atoms with Crippen molar-refractivity contribution in [1.82, 2.24) is 0 Å². The quantitative estimate of drug-likeness (QED) is 0.763. The van der Waals surface area contributed by atoms with Gasteiger partial charge in [-0.25, -0.2) is 0 Å². The van der Waals surface area contributed by atoms with Crippen LogP contribution >= 0.6 is 0 Å². The van der Waals surface area contributed by atoms with E-state index >= 15 is 0 Å². The smallest absolute Gasteiger partial charge is 0.231 e. The Morgan fingerprint density at radius 3 is 2.60 bits per heavy atom. The predicted molar refractivity (Wildman–Crippen MR) is 56.9 cm³/mol. The molecule has 0 spiro atoms. The third-order valence-corrected chi connectivity index (χ3v) is 1.79. The summed E-state index contributed by atoms with van der Waals surface area (Å²) in [6.07, 6.45) is -0.113. The van der Waals surface area contributed by atoms with Crippen molar-refractivity contribution >= 4 is 17.4 Å². The minimum Gasteiger partial charge on any atom is -0.495 e. The van der Waals surface area contributed by atoms with Gasteiger partial charge in [-0.05, 0) is 19.1 Å². The van der Waals surface area contributed by atoms with Gasteiger partial charge in [0.05, 0.1) is 19.2 Å². The highest BCUT2D eigenvalue weighted by atomic mass is 16.5. The number of hydrogen-bond donors (Lipinski definition) is 1. The van der Waals surface area contributed by atoms with Crippen LogP contribution in [0, 0.1) is 0 Å². The third kappa shape index (κ3) is 3.42. The Kier molecular flexibility index (Phi) is 3.85. The molecule has 4 nitrogen and oxygen atoms in total. The standard InChI is InChI=1S/C11H13NO3/c1-8(13)7-11(14)12-9-5-3-4-6-10(9)15-2/h3-6H,7H2,1-2H3,(H,12,14). The highest BCUT2D eigenvalue weighted by molar-refractivity contribution is 6.04. The number of carbonyl (C=O) groups excluding carboxylic acids is 2. The van der Waals surface area contributed by atoms with E-state index in [0.717, 1.165) is 0 Å². The number of benzene rings is 1. The summed E-state index contributed by atoms with van der Waals surface area (Å²) in [6, 6.07) is 7.05. The zero-order valence-electron chi connectivity index (χ0n) is 8.74. The topological polar surface area (TPSA) is 55.4 Å². The summed E-state index contributed by atoms with van der Waals surface area (Å²) < 4.78 is 5.05. The first-order chi connectivity index (χ1) is 7.13. The molecule has 0 bridgehead atoms. The van der Waals surface area contributed by atoms with Gasteiger partial charge in [0.1, 0.15) is 11.5 Å². The summed E-state index contributed by atoms with van der Waals surface area (Å²) in [7, 11) is 1.52. The van der Waals surface area contributed by atoms with Crippen molar-refractivity contribution in [3.8, 4) is 5.75 Å². The van der Waals surface area contributed by atoms with Crippen LogP contribution < -0.4 is 10.1 Å². The van der Waals surface area contributed by atoms with Crippen LogP contribution in [0.2, 0.25) is 0 Å². The van der Waals surface area contributed by atoms with E-state index in [1.54, 1.807) is 24.3 Å². The Labute approximate surface area is 88.2 Å². The lowest BCUT2D eigenvalue weighted by Gasteiger charge is -2.08. The van der Waals surface area contributed by atoms with E-state index in [4.69, 9.17) is 4.74 Å². The first-order valence-corrected chi connectivity index (χ1v) is 4.56. The molecule has 0 unspecified atom stereocenters. The Morgan fingerprint density at radius 2 is 2.00 bits per heavy atom. The maximum absolute atomic E-state index is 11.3. The van der Waals surface area contributed by atoms with Crippen molar-refractivity contribution in [3.63, 3.8) is 0 Å². The molecule has 1 aromatic carbocycles. The molecule has 1 amide bonds. The van der Waals surface area contributed by atoms with Crippen molar-refractivity contribution in [2.45, 2.75) is 13.3 Å². The molecular weight excluding hydrogens is 194 g/mol. The summed E-state index contributed by atoms with van der Waals surface area (Å²) in [6.45, 7) is 1.38. The molecule has 0 aliphatic carbocycles. The van der Waals surface area contributed by atoms with Gasteiger partial charge in [0, 0.05) is 0 Å². The third-order valence-electron chi connectivity index (χ3n) is 1.79. The number of methoxy groups -OCH3 is 1. The maximum atomic E-state index is 11.3. The van der Waals surface area contributed by atoms with Crippen molar-refractivity contribution in [3.05, 3.63) is 24.3 Å². The van der Waals surface area contributed by atoms with E-state index in [1.807, 2.05) is 0 Å². The zero-order valence-corrected chi connectivity index (χ0v) is 8.74. The summed E-state index contributed by atoms with van der Waals surface area (Å²) in [5.41, 5.74) is 0.575. The van der Waals surface area contributed by atoms with Gasteiger partial charge < -0.3 is 10.1 Å². The van der Waals surface area contributed by atoms with Crippen LogP contribution in [0.3, 0.4) is 0 Å². The lowest BCUT2D eigenvalue weighted by atomic mass is 10.2. The van der Waals surface area contributed by atoms with Crippen LogP contribution in [0.15, 0.2) is 24.3 Å². The molecule has 1 aromatic rings. The number of ketones is 1. The average Bonchev–Trinajstić information content (AvgIpc) is 2.17. The highest BCUT2D eigenvalue weighted by Gasteiger charge is 2.08. The number of nitrogens with one attached hydrogen (secondary N) is 1. The van der Waals surface area contributed by atoms with E-state index < -0.39 is 0 Å². The molecule has 0 saturated heterocycles. The first kappa shape index (κ1) is 11.2. The van der Waals surface area contributed by atoms with Gasteiger partial charge >= 0.3 is 0 Å². The second kappa shape index (κ2) is 5.14. The lowest BCUT2D eigenvalue weighted by Crippen LogP contribution is -2.15. The van der Waals surface area contributed by atoms with E-state index in [1.165, 1.54) is 14.0 Å². The monoisotopic (exact) mass is 207 g/mol. The van der Waals surface area contributed by atoms with Gasteiger partial charge in [0.2, 0.25) is 5.91 Å². The number of Topliss-reactive ketones (excluding diaryl/α,β-unsaturated/α-hetero) is 1. The Bertz CT molecular complexity index is 374. The Balaban J connectivity index is 2.71. The first-order valence-electron chi connectivity index (χ1n) is 4.56. The highest BCUT2D eigenvalue weighted by Crippen LogP contribution is 2.22. The van der Waals surface area contributed by atoms with Crippen LogP contribution in [0.25, 0.3) is 0 Å². The second-order valence-corrected chi connectivity index (χ2v) is 3.13. The number of carbonyl (C=O) groups is 2. The minimum absolute atomic E-state index is 0.113. The van der Waals surface area contributed by atoms with Crippen molar-refractivity contribution in [2.24, 2.45) is 0 Å². The number of hydrogen-bond acceptors (Lipinski definition) is 3. The molecule has 0 heterocycles. The normalized spacial score (nSPS) is 9.47. The van der Waals surface area contributed by atoms with Gasteiger partial charge in [0.15, 0.2) is 0 Å². The molecule has 15 heavy (non-hydrogen) atoms. The zero-order chi connectivity index (χ0) is 11.3. The molecule has 0 aliphatic rings. The number of rotatable bonds is 4. The number of amides is 1. The van der Waals surface area contributed by atoms with Crippen LogP contribution in [0.4, 0.5) is 5.69 Å². The van der Waals surface area contributed by atoms with E-state index in [-0.39, 0.29) is 18.1 Å². The largest absolute Gasteiger partial charge is 0.495 e. The molecule has 0 atom stereocenters. The summed E-state index contributed by atoms with van der Waals surface area (Å²) >= 11 is 0. The molecule has 0 saturated carbocycles. The van der Waals surface area contributed by atoms with E-state index in [9.17, 15) is 9.59 Å². The summed E-state index contributed by atoms with van der Waals surface area (Å²) in [5, 5.41) is 2.61. The Morgan fingerprint density at radius 1 is 1.33 bits per heavy atom. The van der Waals surface area contributed by atoms with Crippen molar-refractivity contribution in [2.75, 3.05) is 12.4 Å². The predicted octanol–water partition coefficient (Wildman–Crippen LogP) is 1.61. The van der Waals surface area contributed by atoms with Crippen LogP contribution in [-0.4, -0.2) is 18.8 Å². The Hall–Kier alpha value is -1.84. The summed E-state index contributed by atoms with van der Waals surface area (Å²) in [5.74, 6) is 0.0869. The molecule has 1 rings (SSSR count). The maximum Gasteiger partial charge on any atom is 0.231 e. The summed E-state index contributed by atoms with van der Waals surface area (Å²) in [4.78, 5) is 22.0. The number of para-hydroxylation sites is 2. The fraction of sp³-hybridized carbons (Fsp3) is 0.273. The number of ether oxygens (including phenoxy) is 1. The van der Waals surface area contributed by atoms with Crippen LogP contribution in [0.1, 0.15) is 13.3 Å². The molecule has 80 valence electrons. The average molecular weight is 207 g/mol. The number of anilines is 1. The molecule has 1 N–H and O–H groups in total. The van der Waals surface area contributed by atoms with Crippen LogP contribution in [-0.2, 0) is 9.59 Å². The van der Waals surface area contributed by atoms with Crippen molar-refractivity contribution < 1.29 is 14.3 Å². The molecule has 4 heteroatoms. The molecule has 0 aromatic heterocycles. The minimum atomic E-state index is -0.327. The fourth-order valence-corrected chi connectivity index (χ4v) is 1.17. The lowest BCUT2D eigenvalue weighted by molar-refractivity contribution is -0.124. The van der Waals surface area contributed by atoms with Gasteiger partial charge in [0.25, 0.3) is 0 Å².